The highest BCUT2D eigenvalue weighted by molar-refractivity contribution is 9.09. The third-order valence-corrected chi connectivity index (χ3v) is 4.47. The van der Waals surface area contributed by atoms with Crippen molar-refractivity contribution in [2.24, 2.45) is 5.92 Å². The number of anilines is 1. The highest BCUT2D eigenvalue weighted by Crippen LogP contribution is 2.26. The topological polar surface area (TPSA) is 29.0 Å². The second-order valence-corrected chi connectivity index (χ2v) is 5.80. The zero-order chi connectivity index (χ0) is 10.8. The van der Waals surface area contributed by atoms with Crippen LogP contribution in [-0.4, -0.2) is 34.1 Å². The van der Waals surface area contributed by atoms with E-state index in [1.165, 1.54) is 0 Å². The van der Waals surface area contributed by atoms with Gasteiger partial charge in [0.05, 0.1) is 0 Å². The molecule has 1 aromatic rings. The van der Waals surface area contributed by atoms with E-state index in [-0.39, 0.29) is 0 Å². The molecule has 1 aliphatic heterocycles. The van der Waals surface area contributed by atoms with Crippen molar-refractivity contribution in [3.8, 4) is 0 Å². The molecule has 0 saturated carbocycles. The van der Waals surface area contributed by atoms with E-state index in [1.54, 1.807) is 11.8 Å². The van der Waals surface area contributed by atoms with Crippen molar-refractivity contribution < 1.29 is 0 Å². The summed E-state index contributed by atoms with van der Waals surface area (Å²) >= 11 is 5.33. The van der Waals surface area contributed by atoms with Crippen LogP contribution in [0.3, 0.4) is 0 Å². The lowest BCUT2D eigenvalue weighted by atomic mass is 10.2. The molecule has 0 bridgehead atoms. The van der Waals surface area contributed by atoms with Crippen molar-refractivity contribution in [3.63, 3.8) is 0 Å². The number of alkyl halides is 1. The molecule has 2 unspecified atom stereocenters. The van der Waals surface area contributed by atoms with Gasteiger partial charge in [0.2, 0.25) is 5.95 Å². The molecule has 3 nitrogen and oxygen atoms in total. The first kappa shape index (κ1) is 11.2. The highest BCUT2D eigenvalue weighted by Gasteiger charge is 2.28. The Morgan fingerprint density at radius 1 is 1.53 bits per heavy atom. The number of thioether (sulfide) groups is 1. The van der Waals surface area contributed by atoms with Crippen LogP contribution in [0.15, 0.2) is 17.3 Å². The summed E-state index contributed by atoms with van der Waals surface area (Å²) in [4.78, 5) is 11.6. The second kappa shape index (κ2) is 4.70. The van der Waals surface area contributed by atoms with Crippen LogP contribution in [0.4, 0.5) is 5.95 Å². The Kier molecular flexibility index (Phi) is 3.51. The minimum atomic E-state index is 0.555. The van der Waals surface area contributed by atoms with Gasteiger partial charge in [-0.25, -0.2) is 9.97 Å². The number of hydrogen-bond acceptors (Lipinski definition) is 4. The number of hydrogen-bond donors (Lipinski definition) is 0. The van der Waals surface area contributed by atoms with Crippen molar-refractivity contribution in [2.75, 3.05) is 24.2 Å². The summed E-state index contributed by atoms with van der Waals surface area (Å²) in [6.45, 7) is 4.28. The zero-order valence-electron chi connectivity index (χ0n) is 8.85. The SMILES string of the molecule is CSc1ccnc(N2CC(C)C(Br)C2)n1. The third kappa shape index (κ3) is 2.45. The van der Waals surface area contributed by atoms with Gasteiger partial charge in [-0.2, -0.15) is 0 Å². The first-order valence-corrected chi connectivity index (χ1v) is 7.11. The molecule has 5 heteroatoms. The van der Waals surface area contributed by atoms with Gasteiger partial charge in [-0.05, 0) is 18.2 Å². The maximum absolute atomic E-state index is 4.50. The van der Waals surface area contributed by atoms with E-state index in [0.29, 0.717) is 10.7 Å². The summed E-state index contributed by atoms with van der Waals surface area (Å²) in [5.74, 6) is 1.52. The molecule has 2 rings (SSSR count). The quantitative estimate of drug-likeness (QED) is 0.475. The number of nitrogens with zero attached hydrogens (tertiary/aromatic N) is 3. The van der Waals surface area contributed by atoms with E-state index >= 15 is 0 Å². The summed E-state index contributed by atoms with van der Waals surface area (Å²) in [6.07, 6.45) is 3.87. The maximum atomic E-state index is 4.50. The van der Waals surface area contributed by atoms with Crippen molar-refractivity contribution in [1.29, 1.82) is 0 Å². The van der Waals surface area contributed by atoms with Crippen molar-refractivity contribution >= 4 is 33.6 Å². The van der Waals surface area contributed by atoms with Gasteiger partial charge < -0.3 is 4.90 Å². The lowest BCUT2D eigenvalue weighted by Gasteiger charge is -2.15. The largest absolute Gasteiger partial charge is 0.339 e. The number of aromatic nitrogens is 2. The van der Waals surface area contributed by atoms with E-state index in [9.17, 15) is 0 Å². The molecule has 1 saturated heterocycles. The van der Waals surface area contributed by atoms with Gasteiger partial charge in [0.15, 0.2) is 0 Å². The average Bonchev–Trinajstić information content (AvgIpc) is 2.59. The van der Waals surface area contributed by atoms with Crippen molar-refractivity contribution in [2.45, 2.75) is 16.8 Å². The first-order chi connectivity index (χ1) is 7.20. The lowest BCUT2D eigenvalue weighted by molar-refractivity contribution is 0.677. The normalized spacial score (nSPS) is 25.9. The molecule has 0 aliphatic carbocycles. The summed E-state index contributed by atoms with van der Waals surface area (Å²) < 4.78 is 0. The van der Waals surface area contributed by atoms with Crippen LogP contribution >= 0.6 is 27.7 Å². The molecule has 2 atom stereocenters. The molecule has 1 fully saturated rings. The fraction of sp³-hybridized carbons (Fsp3) is 0.600. The molecule has 0 spiro atoms. The molecule has 82 valence electrons. The van der Waals surface area contributed by atoms with Crippen LogP contribution in [0, 0.1) is 5.92 Å². The zero-order valence-corrected chi connectivity index (χ0v) is 11.3. The van der Waals surface area contributed by atoms with Gasteiger partial charge in [-0.1, -0.05) is 22.9 Å². The number of rotatable bonds is 2. The Labute approximate surface area is 103 Å². The van der Waals surface area contributed by atoms with Crippen LogP contribution in [0.1, 0.15) is 6.92 Å². The minimum absolute atomic E-state index is 0.555. The van der Waals surface area contributed by atoms with E-state index in [2.05, 4.69) is 37.7 Å². The molecular formula is C10H14BrN3S. The number of halogens is 1. The monoisotopic (exact) mass is 287 g/mol. The predicted octanol–water partition coefficient (Wildman–Crippen LogP) is 2.42. The van der Waals surface area contributed by atoms with Crippen molar-refractivity contribution in [1.82, 2.24) is 9.97 Å². The van der Waals surface area contributed by atoms with Crippen LogP contribution < -0.4 is 4.90 Å². The Bertz CT molecular complexity index is 337. The molecule has 0 aromatic carbocycles. The second-order valence-electron chi connectivity index (χ2n) is 3.80. The van der Waals surface area contributed by atoms with Crippen LogP contribution in [0.5, 0.6) is 0 Å². The molecule has 2 heterocycles. The Balaban J connectivity index is 2.16. The molecule has 0 radical (unpaired) electrons. The van der Waals surface area contributed by atoms with Gasteiger partial charge >= 0.3 is 0 Å². The van der Waals surface area contributed by atoms with Gasteiger partial charge in [0.25, 0.3) is 0 Å². The summed E-state index contributed by atoms with van der Waals surface area (Å²) in [5.41, 5.74) is 0. The van der Waals surface area contributed by atoms with Crippen LogP contribution in [-0.2, 0) is 0 Å². The predicted molar refractivity (Wildman–Crippen MR) is 67.9 cm³/mol. The van der Waals surface area contributed by atoms with Gasteiger partial charge in [-0.3, -0.25) is 0 Å². The van der Waals surface area contributed by atoms with E-state index < -0.39 is 0 Å². The molecule has 1 aliphatic rings. The highest BCUT2D eigenvalue weighted by atomic mass is 79.9. The van der Waals surface area contributed by atoms with E-state index in [4.69, 9.17) is 0 Å². The fourth-order valence-electron chi connectivity index (χ4n) is 1.69. The molecular weight excluding hydrogens is 274 g/mol. The third-order valence-electron chi connectivity index (χ3n) is 2.63. The smallest absolute Gasteiger partial charge is 0.226 e. The van der Waals surface area contributed by atoms with Crippen LogP contribution in [0.2, 0.25) is 0 Å². The Morgan fingerprint density at radius 2 is 2.33 bits per heavy atom. The summed E-state index contributed by atoms with van der Waals surface area (Å²) in [5, 5.41) is 1.03. The molecule has 0 N–H and O–H groups in total. The standard InChI is InChI=1S/C10H14BrN3S/c1-7-5-14(6-8(7)11)10-12-4-3-9(13-10)15-2/h3-4,7-8H,5-6H2,1-2H3. The molecule has 15 heavy (non-hydrogen) atoms. The molecule has 0 amide bonds. The summed E-state index contributed by atoms with van der Waals surface area (Å²) in [6, 6.07) is 1.94. The van der Waals surface area contributed by atoms with Gasteiger partial charge in [0.1, 0.15) is 5.03 Å². The van der Waals surface area contributed by atoms with E-state index in [0.717, 1.165) is 24.1 Å². The Morgan fingerprint density at radius 3 is 2.93 bits per heavy atom. The van der Waals surface area contributed by atoms with Gasteiger partial charge in [0, 0.05) is 24.1 Å². The Hall–Kier alpha value is -0.290. The summed E-state index contributed by atoms with van der Waals surface area (Å²) in [7, 11) is 0. The fourth-order valence-corrected chi connectivity index (χ4v) is 2.58. The van der Waals surface area contributed by atoms with E-state index in [1.807, 2.05) is 18.5 Å². The first-order valence-electron chi connectivity index (χ1n) is 4.96. The van der Waals surface area contributed by atoms with Crippen LogP contribution in [0.25, 0.3) is 0 Å². The lowest BCUT2D eigenvalue weighted by Crippen LogP contribution is -2.22. The van der Waals surface area contributed by atoms with Gasteiger partial charge in [-0.15, -0.1) is 11.8 Å². The van der Waals surface area contributed by atoms with Crippen molar-refractivity contribution in [3.05, 3.63) is 12.3 Å². The minimum Gasteiger partial charge on any atom is -0.339 e. The molecule has 1 aromatic heterocycles. The maximum Gasteiger partial charge on any atom is 0.226 e. The average molecular weight is 288 g/mol.